The first-order valence-electron chi connectivity index (χ1n) is 9.26. The molecule has 1 aliphatic rings. The van der Waals surface area contributed by atoms with Gasteiger partial charge in [0.15, 0.2) is 0 Å². The van der Waals surface area contributed by atoms with Gasteiger partial charge >= 0.3 is 0 Å². The summed E-state index contributed by atoms with van der Waals surface area (Å²) in [5.74, 6) is 0. The molecule has 3 aromatic rings. The monoisotopic (exact) mass is 463 g/mol. The van der Waals surface area contributed by atoms with E-state index in [2.05, 4.69) is 25.8 Å². The molecule has 0 aliphatic carbocycles. The van der Waals surface area contributed by atoms with Gasteiger partial charge in [0.1, 0.15) is 0 Å². The van der Waals surface area contributed by atoms with E-state index in [1.807, 2.05) is 12.1 Å². The van der Waals surface area contributed by atoms with Crippen LogP contribution in [0.2, 0.25) is 0 Å². The van der Waals surface area contributed by atoms with Crippen LogP contribution in [0, 0.1) is 0 Å². The molecule has 0 atom stereocenters. The van der Waals surface area contributed by atoms with Crippen LogP contribution in [0.25, 0.3) is 0 Å². The molecule has 0 spiro atoms. The lowest BCUT2D eigenvalue weighted by Crippen LogP contribution is -2.30. The predicted molar refractivity (Wildman–Crippen MR) is 119 cm³/mol. The van der Waals surface area contributed by atoms with Gasteiger partial charge in [-0.2, -0.15) is 0 Å². The van der Waals surface area contributed by atoms with Crippen molar-refractivity contribution in [1.29, 1.82) is 0 Å². The second kappa shape index (κ2) is 8.03. The third kappa shape index (κ3) is 4.08. The summed E-state index contributed by atoms with van der Waals surface area (Å²) < 4.78 is 55.0. The van der Waals surface area contributed by atoms with Crippen molar-refractivity contribution in [3.05, 3.63) is 70.4 Å². The van der Waals surface area contributed by atoms with E-state index in [-0.39, 0.29) is 9.79 Å². The third-order valence-corrected chi connectivity index (χ3v) is 8.79. The minimum absolute atomic E-state index is 0.109. The molecule has 158 valence electrons. The highest BCUT2D eigenvalue weighted by atomic mass is 32.2. The molecule has 0 saturated carbocycles. The fraction of sp³-hybridized carbons (Fsp3) is 0.200. The van der Waals surface area contributed by atoms with E-state index in [4.69, 9.17) is 0 Å². The number of rotatable bonds is 6. The van der Waals surface area contributed by atoms with Gasteiger partial charge < -0.3 is 4.90 Å². The molecule has 0 bridgehead atoms. The van der Waals surface area contributed by atoms with Crippen molar-refractivity contribution in [3.63, 3.8) is 0 Å². The number of fused-ring (bicyclic) bond motifs is 1. The Morgan fingerprint density at radius 3 is 2.43 bits per heavy atom. The first-order valence-corrected chi connectivity index (χ1v) is 13.1. The molecule has 0 radical (unpaired) electrons. The zero-order chi connectivity index (χ0) is 21.4. The van der Waals surface area contributed by atoms with Crippen LogP contribution in [-0.2, 0) is 33.0 Å². The van der Waals surface area contributed by atoms with Gasteiger partial charge in [0, 0.05) is 18.0 Å². The van der Waals surface area contributed by atoms with Crippen LogP contribution in [0.15, 0.2) is 69.8 Å². The van der Waals surface area contributed by atoms with Crippen molar-refractivity contribution in [1.82, 2.24) is 4.72 Å². The van der Waals surface area contributed by atoms with Gasteiger partial charge in [-0.05, 0) is 60.8 Å². The van der Waals surface area contributed by atoms with Crippen molar-refractivity contribution < 1.29 is 16.8 Å². The molecule has 0 unspecified atom stereocenters. The molecule has 0 amide bonds. The molecule has 0 fully saturated rings. The summed E-state index contributed by atoms with van der Waals surface area (Å²) in [6.45, 7) is 1.51. The first-order chi connectivity index (χ1) is 14.3. The Kier molecular flexibility index (Phi) is 5.58. The predicted octanol–water partition coefficient (Wildman–Crippen LogP) is 3.02. The zero-order valence-corrected chi connectivity index (χ0v) is 18.6. The van der Waals surface area contributed by atoms with E-state index in [1.165, 1.54) is 35.7 Å². The van der Waals surface area contributed by atoms with Gasteiger partial charge in [0.05, 0.1) is 21.2 Å². The molecule has 7 nitrogen and oxygen atoms in total. The van der Waals surface area contributed by atoms with Crippen LogP contribution in [-0.4, -0.2) is 30.4 Å². The number of nitrogens with one attached hydrogen (secondary N) is 2. The molecular weight excluding hydrogens is 442 g/mol. The van der Waals surface area contributed by atoms with Gasteiger partial charge in [-0.15, -0.1) is 11.3 Å². The Balaban J connectivity index is 1.65. The first kappa shape index (κ1) is 20.9. The topological polar surface area (TPSA) is 95.6 Å². The zero-order valence-electron chi connectivity index (χ0n) is 16.2. The smallest absolute Gasteiger partial charge is 0.262 e. The molecule has 4 rings (SSSR count). The summed E-state index contributed by atoms with van der Waals surface area (Å²) in [4.78, 5) is 3.29. The Morgan fingerprint density at radius 1 is 0.933 bits per heavy atom. The van der Waals surface area contributed by atoms with Crippen LogP contribution in [0.4, 0.5) is 11.4 Å². The van der Waals surface area contributed by atoms with Gasteiger partial charge in [-0.1, -0.05) is 18.2 Å². The lowest BCUT2D eigenvalue weighted by Gasteiger charge is -2.30. The minimum atomic E-state index is -3.98. The van der Waals surface area contributed by atoms with Crippen molar-refractivity contribution >= 4 is 42.8 Å². The maximum Gasteiger partial charge on any atom is 0.262 e. The Bertz CT molecular complexity index is 1280. The van der Waals surface area contributed by atoms with E-state index >= 15 is 0 Å². The highest BCUT2D eigenvalue weighted by Gasteiger charge is 2.23. The average molecular weight is 464 g/mol. The number of para-hydroxylation sites is 2. The van der Waals surface area contributed by atoms with Crippen molar-refractivity contribution in [2.24, 2.45) is 0 Å². The molecule has 30 heavy (non-hydrogen) atoms. The lowest BCUT2D eigenvalue weighted by atomic mass is 10.1. The quantitative estimate of drug-likeness (QED) is 0.586. The highest BCUT2D eigenvalue weighted by Crippen LogP contribution is 2.33. The average Bonchev–Trinajstić information content (AvgIpc) is 3.22. The number of hydrogen-bond acceptors (Lipinski definition) is 6. The maximum absolute atomic E-state index is 13.0. The summed E-state index contributed by atoms with van der Waals surface area (Å²) in [6, 6.07) is 14.6. The fourth-order valence-electron chi connectivity index (χ4n) is 3.42. The normalized spacial score (nSPS) is 14.4. The fourth-order valence-corrected chi connectivity index (χ4v) is 6.28. The SMILES string of the molecule is CNS(=O)(=O)c1cccc(S(=O)(=O)Nc2ccccc2N2CCc3sccc3C2)c1. The number of thiophene rings is 1. The summed E-state index contributed by atoms with van der Waals surface area (Å²) in [7, 11) is -6.45. The third-order valence-electron chi connectivity index (χ3n) is 4.99. The lowest BCUT2D eigenvalue weighted by molar-refractivity contribution is 0.588. The number of benzene rings is 2. The van der Waals surface area contributed by atoms with Gasteiger partial charge in [0.25, 0.3) is 10.0 Å². The number of hydrogen-bond donors (Lipinski definition) is 2. The largest absolute Gasteiger partial charge is 0.365 e. The van der Waals surface area contributed by atoms with Gasteiger partial charge in [-0.25, -0.2) is 21.6 Å². The molecule has 1 aromatic heterocycles. The van der Waals surface area contributed by atoms with E-state index in [0.717, 1.165) is 24.7 Å². The molecule has 2 aromatic carbocycles. The maximum atomic E-state index is 13.0. The summed E-state index contributed by atoms with van der Waals surface area (Å²) in [5.41, 5.74) is 2.50. The Labute approximate surface area is 180 Å². The van der Waals surface area contributed by atoms with Crippen molar-refractivity contribution in [2.75, 3.05) is 23.2 Å². The van der Waals surface area contributed by atoms with Crippen molar-refractivity contribution in [3.8, 4) is 0 Å². The van der Waals surface area contributed by atoms with Crippen LogP contribution in [0.5, 0.6) is 0 Å². The number of nitrogens with zero attached hydrogens (tertiary/aromatic N) is 1. The van der Waals surface area contributed by atoms with Crippen LogP contribution in [0.1, 0.15) is 10.4 Å². The van der Waals surface area contributed by atoms with Crippen LogP contribution < -0.4 is 14.3 Å². The van der Waals surface area contributed by atoms with E-state index in [1.54, 1.807) is 23.5 Å². The van der Waals surface area contributed by atoms with Crippen LogP contribution >= 0.6 is 11.3 Å². The Hall–Kier alpha value is -2.40. The van der Waals surface area contributed by atoms with E-state index in [0.29, 0.717) is 12.2 Å². The minimum Gasteiger partial charge on any atom is -0.365 e. The summed E-state index contributed by atoms with van der Waals surface area (Å²) in [5, 5.41) is 2.08. The summed E-state index contributed by atoms with van der Waals surface area (Å²) in [6.07, 6.45) is 0.915. The molecule has 2 heterocycles. The standard InChI is InChI=1S/C20H21N3O4S3/c1-21-29(24,25)16-5-4-6-17(13-16)30(26,27)22-18-7-2-3-8-19(18)23-11-9-20-15(14-23)10-12-28-20/h2-8,10,12-13,21-22H,9,11,14H2,1H3. The summed E-state index contributed by atoms with van der Waals surface area (Å²) >= 11 is 1.75. The molecule has 1 aliphatic heterocycles. The molecule has 0 saturated heterocycles. The van der Waals surface area contributed by atoms with Crippen molar-refractivity contribution in [2.45, 2.75) is 22.8 Å². The number of sulfonamides is 2. The second-order valence-corrected chi connectivity index (χ2v) is 11.4. The molecule has 2 N–H and O–H groups in total. The van der Waals surface area contributed by atoms with E-state index in [9.17, 15) is 16.8 Å². The van der Waals surface area contributed by atoms with Crippen LogP contribution in [0.3, 0.4) is 0 Å². The van der Waals surface area contributed by atoms with Gasteiger partial charge in [-0.3, -0.25) is 4.72 Å². The molecular formula is C20H21N3O4S3. The Morgan fingerprint density at radius 2 is 1.67 bits per heavy atom. The second-order valence-electron chi connectivity index (χ2n) is 6.85. The van der Waals surface area contributed by atoms with Gasteiger partial charge in [0.2, 0.25) is 10.0 Å². The number of anilines is 2. The van der Waals surface area contributed by atoms with E-state index < -0.39 is 20.0 Å². The highest BCUT2D eigenvalue weighted by molar-refractivity contribution is 7.93. The molecule has 10 heteroatoms.